The van der Waals surface area contributed by atoms with E-state index >= 15 is 0 Å². The molecule has 0 fully saturated rings. The molecule has 168 valence electrons. The number of likely N-dealkylation sites (N-methyl/N-ethyl adjacent to an activating group) is 1. The number of carbonyl (C=O) groups is 1. The molecule has 1 aromatic heterocycles. The Morgan fingerprint density at radius 1 is 1.25 bits per heavy atom. The number of benzene rings is 2. The van der Waals surface area contributed by atoms with Crippen molar-refractivity contribution < 1.29 is 18.0 Å². The Balaban J connectivity index is 1.35. The summed E-state index contributed by atoms with van der Waals surface area (Å²) in [4.78, 5) is 18.9. The van der Waals surface area contributed by atoms with Crippen LogP contribution in [0.5, 0.6) is 0 Å². The van der Waals surface area contributed by atoms with Crippen molar-refractivity contribution in [2.24, 2.45) is 5.73 Å². The van der Waals surface area contributed by atoms with Crippen molar-refractivity contribution in [3.63, 3.8) is 0 Å². The van der Waals surface area contributed by atoms with Gasteiger partial charge in [0.1, 0.15) is 0 Å². The number of carbonyl (C=O) groups excluding carboxylic acids is 1. The zero-order valence-corrected chi connectivity index (χ0v) is 18.1. The zero-order chi connectivity index (χ0) is 22.9. The molecule has 0 saturated carbocycles. The van der Waals surface area contributed by atoms with Crippen LogP contribution in [0, 0.1) is 0 Å². The third-order valence-electron chi connectivity index (χ3n) is 5.15. The maximum absolute atomic E-state index is 12.7. The lowest BCUT2D eigenvalue weighted by atomic mass is 10.0. The highest BCUT2D eigenvalue weighted by molar-refractivity contribution is 7.18. The number of amides is 1. The second-order valence-electron chi connectivity index (χ2n) is 7.71. The molecular weight excluding hydrogens is 439 g/mol. The van der Waals surface area contributed by atoms with Crippen molar-refractivity contribution in [3.05, 3.63) is 59.8 Å². The number of nitrogens with zero attached hydrogens (tertiary/aromatic N) is 2. The smallest absolute Gasteiger partial charge is 0.364 e. The molecular formula is C22H22F3N5OS. The van der Waals surface area contributed by atoms with Gasteiger partial charge in [-0.3, -0.25) is 4.79 Å². The summed E-state index contributed by atoms with van der Waals surface area (Å²) >= 11 is 1.48. The first kappa shape index (κ1) is 22.1. The number of rotatable bonds is 6. The van der Waals surface area contributed by atoms with Gasteiger partial charge in [0.25, 0.3) is 0 Å². The molecule has 0 bridgehead atoms. The number of hydrogen-bond donors (Lipinski definition) is 3. The predicted octanol–water partition coefficient (Wildman–Crippen LogP) is 4.20. The molecule has 10 heteroatoms. The topological polar surface area (TPSA) is 83.3 Å². The number of nitrogens with one attached hydrogen (secondary N) is 2. The summed E-state index contributed by atoms with van der Waals surface area (Å²) in [5.41, 5.74) is 8.95. The van der Waals surface area contributed by atoms with E-state index in [0.717, 1.165) is 39.5 Å². The molecule has 6 nitrogen and oxygen atoms in total. The SMILES string of the molecule is CN1CC(=O)Nc2ccc(-c3cnc(NC[C@@H](N)Cc4ccc(C(F)(F)F)cc4)s3)cc21. The monoisotopic (exact) mass is 461 g/mol. The van der Waals surface area contributed by atoms with Gasteiger partial charge in [0.05, 0.1) is 28.4 Å². The minimum absolute atomic E-state index is 0.0374. The Labute approximate surface area is 187 Å². The van der Waals surface area contributed by atoms with Crippen LogP contribution in [0.15, 0.2) is 48.7 Å². The normalized spacial score (nSPS) is 14.7. The first-order valence-electron chi connectivity index (χ1n) is 9.96. The number of aromatic nitrogens is 1. The van der Waals surface area contributed by atoms with Gasteiger partial charge in [0.2, 0.25) is 5.91 Å². The molecule has 1 amide bonds. The van der Waals surface area contributed by atoms with Gasteiger partial charge >= 0.3 is 6.18 Å². The van der Waals surface area contributed by atoms with Crippen LogP contribution < -0.4 is 21.3 Å². The summed E-state index contributed by atoms with van der Waals surface area (Å²) in [5.74, 6) is -0.0374. The molecule has 3 aromatic rings. The van der Waals surface area contributed by atoms with Gasteiger partial charge in [-0.25, -0.2) is 4.98 Å². The average Bonchev–Trinajstić information content (AvgIpc) is 3.21. The zero-order valence-electron chi connectivity index (χ0n) is 17.2. The Kier molecular flexibility index (Phi) is 6.07. The predicted molar refractivity (Wildman–Crippen MR) is 121 cm³/mol. The first-order valence-corrected chi connectivity index (χ1v) is 10.8. The van der Waals surface area contributed by atoms with Crippen molar-refractivity contribution >= 4 is 33.8 Å². The van der Waals surface area contributed by atoms with E-state index in [-0.39, 0.29) is 11.9 Å². The molecule has 32 heavy (non-hydrogen) atoms. The molecule has 4 N–H and O–H groups in total. The maximum Gasteiger partial charge on any atom is 0.416 e. The molecule has 1 aliphatic heterocycles. The Bertz CT molecular complexity index is 1110. The highest BCUT2D eigenvalue weighted by Crippen LogP contribution is 2.36. The number of thiazole rings is 1. The minimum Gasteiger partial charge on any atom is -0.364 e. The molecule has 1 aliphatic rings. The molecule has 2 heterocycles. The van der Waals surface area contributed by atoms with Crippen LogP contribution in [-0.4, -0.2) is 37.1 Å². The van der Waals surface area contributed by atoms with Gasteiger partial charge < -0.3 is 21.3 Å². The summed E-state index contributed by atoms with van der Waals surface area (Å²) in [6.45, 7) is 0.746. The van der Waals surface area contributed by atoms with E-state index in [1.165, 1.54) is 23.5 Å². The number of anilines is 3. The van der Waals surface area contributed by atoms with E-state index in [9.17, 15) is 18.0 Å². The summed E-state index contributed by atoms with van der Waals surface area (Å²) in [6.07, 6.45) is -2.12. The molecule has 0 aliphatic carbocycles. The lowest BCUT2D eigenvalue weighted by molar-refractivity contribution is -0.137. The van der Waals surface area contributed by atoms with Crippen molar-refractivity contribution in [1.29, 1.82) is 0 Å². The van der Waals surface area contributed by atoms with Crippen LogP contribution >= 0.6 is 11.3 Å². The van der Waals surface area contributed by atoms with E-state index in [0.29, 0.717) is 24.6 Å². The Hall–Kier alpha value is -3.11. The van der Waals surface area contributed by atoms with Crippen LogP contribution in [0.25, 0.3) is 10.4 Å². The summed E-state index contributed by atoms with van der Waals surface area (Å²) < 4.78 is 38.0. The molecule has 0 saturated heterocycles. The van der Waals surface area contributed by atoms with Crippen molar-refractivity contribution in [2.75, 3.05) is 35.7 Å². The van der Waals surface area contributed by atoms with Gasteiger partial charge in [-0.05, 0) is 41.8 Å². The van der Waals surface area contributed by atoms with E-state index < -0.39 is 11.7 Å². The Morgan fingerprint density at radius 3 is 2.72 bits per heavy atom. The first-order chi connectivity index (χ1) is 15.2. The quantitative estimate of drug-likeness (QED) is 0.513. The van der Waals surface area contributed by atoms with Gasteiger partial charge in [0.15, 0.2) is 5.13 Å². The fraction of sp³-hybridized carbons (Fsp3) is 0.273. The second-order valence-corrected chi connectivity index (χ2v) is 8.74. The standard InChI is InChI=1S/C22H22F3N5OS/c1-30-12-20(31)29-17-7-4-14(9-18(17)30)19-11-28-21(32-19)27-10-16(26)8-13-2-5-15(6-3-13)22(23,24)25/h2-7,9,11,16H,8,10,12,26H2,1H3,(H,27,28)(H,29,31)/t16-/m0/s1. The molecule has 0 spiro atoms. The van der Waals surface area contributed by atoms with Crippen molar-refractivity contribution in [3.8, 4) is 10.4 Å². The Morgan fingerprint density at radius 2 is 2.00 bits per heavy atom. The van der Waals surface area contributed by atoms with Crippen LogP contribution in [0.2, 0.25) is 0 Å². The molecule has 1 atom stereocenters. The van der Waals surface area contributed by atoms with Gasteiger partial charge in [-0.1, -0.05) is 29.5 Å². The number of halogens is 3. The summed E-state index contributed by atoms with van der Waals surface area (Å²) in [5, 5.41) is 6.78. The van der Waals surface area contributed by atoms with Crippen LogP contribution in [0.4, 0.5) is 29.7 Å². The van der Waals surface area contributed by atoms with E-state index in [1.54, 1.807) is 6.20 Å². The molecule has 4 rings (SSSR count). The lowest BCUT2D eigenvalue weighted by Crippen LogP contribution is -2.35. The number of alkyl halides is 3. The number of hydrogen-bond acceptors (Lipinski definition) is 6. The number of nitrogens with two attached hydrogens (primary N) is 1. The third-order valence-corrected chi connectivity index (χ3v) is 6.15. The van der Waals surface area contributed by atoms with Crippen LogP contribution in [-0.2, 0) is 17.4 Å². The van der Waals surface area contributed by atoms with Crippen molar-refractivity contribution in [1.82, 2.24) is 4.98 Å². The van der Waals surface area contributed by atoms with Gasteiger partial charge in [0, 0.05) is 25.8 Å². The van der Waals surface area contributed by atoms with E-state index in [4.69, 9.17) is 5.73 Å². The fourth-order valence-electron chi connectivity index (χ4n) is 3.51. The highest BCUT2D eigenvalue weighted by atomic mass is 32.1. The third kappa shape index (κ3) is 5.03. The summed E-state index contributed by atoms with van der Waals surface area (Å²) in [7, 11) is 1.87. The molecule has 0 radical (unpaired) electrons. The summed E-state index contributed by atoms with van der Waals surface area (Å²) in [6, 6.07) is 10.6. The lowest BCUT2D eigenvalue weighted by Gasteiger charge is -2.27. The average molecular weight is 462 g/mol. The van der Waals surface area contributed by atoms with E-state index in [1.807, 2.05) is 30.1 Å². The highest BCUT2D eigenvalue weighted by Gasteiger charge is 2.30. The van der Waals surface area contributed by atoms with Crippen LogP contribution in [0.1, 0.15) is 11.1 Å². The maximum atomic E-state index is 12.7. The van der Waals surface area contributed by atoms with E-state index in [2.05, 4.69) is 15.6 Å². The van der Waals surface area contributed by atoms with Crippen molar-refractivity contribution in [2.45, 2.75) is 18.6 Å². The second kappa shape index (κ2) is 8.79. The van der Waals surface area contributed by atoms with Crippen LogP contribution in [0.3, 0.4) is 0 Å². The molecule has 2 aromatic carbocycles. The fourth-order valence-corrected chi connectivity index (χ4v) is 4.33. The van der Waals surface area contributed by atoms with Gasteiger partial charge in [-0.15, -0.1) is 0 Å². The van der Waals surface area contributed by atoms with Gasteiger partial charge in [-0.2, -0.15) is 13.2 Å². The number of fused-ring (bicyclic) bond motifs is 1. The molecule has 0 unspecified atom stereocenters. The minimum atomic E-state index is -4.34. The largest absolute Gasteiger partial charge is 0.416 e.